The SMILES string of the molecule is O.O.O.[Fe].[N]. The van der Waals surface area contributed by atoms with Gasteiger partial charge in [0.2, 0.25) is 0 Å². The average molecular weight is 124 g/mol. The molecular weight excluding hydrogens is 118 g/mol. The molecule has 0 saturated carbocycles. The first-order chi connectivity index (χ1) is 0. The van der Waals surface area contributed by atoms with E-state index < -0.39 is 0 Å². The summed E-state index contributed by atoms with van der Waals surface area (Å²) in [5.74, 6) is 0. The van der Waals surface area contributed by atoms with Crippen molar-refractivity contribution in [2.45, 2.75) is 0 Å². The maximum absolute atomic E-state index is 0. The molecule has 0 aliphatic heterocycles. The van der Waals surface area contributed by atoms with E-state index in [1.165, 1.54) is 0 Å². The van der Waals surface area contributed by atoms with Gasteiger partial charge in [-0.3, -0.25) is 0 Å². The molecular formula is H6FeNO3. The third-order valence-corrected chi connectivity index (χ3v) is 0. The van der Waals surface area contributed by atoms with Crippen molar-refractivity contribution in [2.24, 2.45) is 0 Å². The molecule has 0 aromatic rings. The normalized spacial score (nSPS) is 0. The van der Waals surface area contributed by atoms with Crippen LogP contribution in [0.25, 0.3) is 0 Å². The molecule has 0 saturated heterocycles. The molecule has 4 nitrogen and oxygen atoms in total. The molecule has 0 bridgehead atoms. The fourth-order valence-electron chi connectivity index (χ4n) is 0. The summed E-state index contributed by atoms with van der Waals surface area (Å²) in [6.45, 7) is 0. The number of hydrogen-bond donors (Lipinski definition) is 0. The van der Waals surface area contributed by atoms with E-state index in [0.717, 1.165) is 0 Å². The summed E-state index contributed by atoms with van der Waals surface area (Å²) in [5.41, 5.74) is 0. The quantitative estimate of drug-likeness (QED) is 0.306. The molecule has 37 valence electrons. The van der Waals surface area contributed by atoms with Gasteiger partial charge in [0.1, 0.15) is 0 Å². The van der Waals surface area contributed by atoms with Crippen molar-refractivity contribution in [3.8, 4) is 0 Å². The fraction of sp³-hybridized carbons (Fsp3) is 0. The largest absolute Gasteiger partial charge is 0.412 e. The van der Waals surface area contributed by atoms with Crippen LogP contribution in [0.3, 0.4) is 0 Å². The summed E-state index contributed by atoms with van der Waals surface area (Å²) in [6, 6.07) is 0. The molecule has 0 aliphatic carbocycles. The molecule has 5 heavy (non-hydrogen) atoms. The predicted octanol–water partition coefficient (Wildman–Crippen LogP) is -2.96. The van der Waals surface area contributed by atoms with Gasteiger partial charge in [-0.05, 0) is 0 Å². The van der Waals surface area contributed by atoms with E-state index in [9.17, 15) is 0 Å². The van der Waals surface area contributed by atoms with Crippen molar-refractivity contribution in [3.05, 3.63) is 0 Å². The first-order valence-electron chi connectivity index (χ1n) is 0. The number of hydrogen-bond acceptors (Lipinski definition) is 0. The zero-order valence-corrected chi connectivity index (χ0v) is 3.40. The zero-order chi connectivity index (χ0) is 0. The summed E-state index contributed by atoms with van der Waals surface area (Å²) >= 11 is 0. The first-order valence-corrected chi connectivity index (χ1v) is 0. The molecule has 0 aliphatic rings. The summed E-state index contributed by atoms with van der Waals surface area (Å²) < 4.78 is 0. The van der Waals surface area contributed by atoms with E-state index in [-0.39, 0.29) is 39.6 Å². The van der Waals surface area contributed by atoms with E-state index in [1.807, 2.05) is 0 Å². The Balaban J connectivity index is 0. The van der Waals surface area contributed by atoms with Crippen LogP contribution >= 0.6 is 0 Å². The van der Waals surface area contributed by atoms with Crippen LogP contribution in [0, 0.1) is 0 Å². The summed E-state index contributed by atoms with van der Waals surface area (Å²) in [7, 11) is 0. The molecule has 3 radical (unpaired) electrons. The van der Waals surface area contributed by atoms with Gasteiger partial charge in [-0.1, -0.05) is 0 Å². The Labute approximate surface area is 40.5 Å². The second-order valence-electron chi connectivity index (χ2n) is 0. The second kappa shape index (κ2) is 381. The van der Waals surface area contributed by atoms with Gasteiger partial charge >= 0.3 is 0 Å². The van der Waals surface area contributed by atoms with Crippen LogP contribution in [0.15, 0.2) is 0 Å². The van der Waals surface area contributed by atoms with Crippen molar-refractivity contribution in [3.63, 3.8) is 0 Å². The molecule has 0 aromatic heterocycles. The van der Waals surface area contributed by atoms with Gasteiger partial charge in [0.15, 0.2) is 0 Å². The Bertz CT molecular complexity index is 6.85. The zero-order valence-electron chi connectivity index (χ0n) is 2.30. The van der Waals surface area contributed by atoms with Gasteiger partial charge < -0.3 is 16.4 Å². The van der Waals surface area contributed by atoms with Gasteiger partial charge in [0.25, 0.3) is 0 Å². The molecule has 0 amide bonds. The molecule has 0 atom stereocenters. The Morgan fingerprint density at radius 2 is 0.600 bits per heavy atom. The Morgan fingerprint density at radius 1 is 0.600 bits per heavy atom. The summed E-state index contributed by atoms with van der Waals surface area (Å²) in [4.78, 5) is 0. The standard InChI is InChI=1S/Fe.N.3H2O/h;;3*1H2. The number of nitrogens with zero attached hydrogens (tertiary/aromatic N) is 1. The summed E-state index contributed by atoms with van der Waals surface area (Å²) in [6.07, 6.45) is 0. The second-order valence-corrected chi connectivity index (χ2v) is 0. The van der Waals surface area contributed by atoms with Gasteiger partial charge in [-0.15, -0.1) is 0 Å². The maximum Gasteiger partial charge on any atom is 0 e. The monoisotopic (exact) mass is 124 g/mol. The van der Waals surface area contributed by atoms with Gasteiger partial charge in [0, 0.05) is 23.2 Å². The Hall–Kier alpha value is 0.359. The molecule has 5 heteroatoms. The predicted molar refractivity (Wildman–Crippen MR) is 13.0 cm³/mol. The van der Waals surface area contributed by atoms with E-state index >= 15 is 0 Å². The Kier molecular flexibility index (Phi) is 60000. The van der Waals surface area contributed by atoms with Crippen LogP contribution in [0.1, 0.15) is 0 Å². The molecule has 6 N–H and O–H groups in total. The average Bonchev–Trinajstić information content (AvgIpc) is 0. The van der Waals surface area contributed by atoms with Crippen LogP contribution in [0.4, 0.5) is 0 Å². The van der Waals surface area contributed by atoms with Crippen molar-refractivity contribution >= 4 is 0 Å². The van der Waals surface area contributed by atoms with Crippen LogP contribution in [-0.2, 0) is 17.1 Å². The molecule has 0 heterocycles. The minimum atomic E-state index is 0. The van der Waals surface area contributed by atoms with Crippen molar-refractivity contribution in [1.82, 2.24) is 6.15 Å². The van der Waals surface area contributed by atoms with Crippen molar-refractivity contribution < 1.29 is 33.5 Å². The van der Waals surface area contributed by atoms with E-state index in [4.69, 9.17) is 0 Å². The van der Waals surface area contributed by atoms with Gasteiger partial charge in [-0.25, -0.2) is 0 Å². The third-order valence-electron chi connectivity index (χ3n) is 0. The molecule has 0 rings (SSSR count). The van der Waals surface area contributed by atoms with E-state index in [2.05, 4.69) is 0 Å². The smallest absolute Gasteiger partial charge is 0 e. The van der Waals surface area contributed by atoms with Gasteiger partial charge in [0.05, 0.1) is 0 Å². The fourth-order valence-corrected chi connectivity index (χ4v) is 0. The van der Waals surface area contributed by atoms with Crippen LogP contribution < -0.4 is 6.15 Å². The summed E-state index contributed by atoms with van der Waals surface area (Å²) in [5, 5.41) is 0. The third kappa shape index (κ3) is 188. The molecule has 0 aromatic carbocycles. The number of rotatable bonds is 0. The van der Waals surface area contributed by atoms with Gasteiger partial charge in [-0.2, -0.15) is 0 Å². The van der Waals surface area contributed by atoms with Crippen molar-refractivity contribution in [1.29, 1.82) is 0 Å². The topological polar surface area (TPSA) is 125 Å². The molecule has 0 fully saturated rings. The van der Waals surface area contributed by atoms with Crippen molar-refractivity contribution in [2.75, 3.05) is 0 Å². The Morgan fingerprint density at radius 3 is 0.600 bits per heavy atom. The van der Waals surface area contributed by atoms with Crippen LogP contribution in [0.5, 0.6) is 0 Å². The maximum atomic E-state index is 0. The molecule has 0 unspecified atom stereocenters. The minimum Gasteiger partial charge on any atom is -0.412 e. The van der Waals surface area contributed by atoms with Crippen LogP contribution in [-0.4, -0.2) is 16.4 Å². The van der Waals surface area contributed by atoms with E-state index in [1.54, 1.807) is 0 Å². The first kappa shape index (κ1) is 788. The minimum absolute atomic E-state index is 0. The van der Waals surface area contributed by atoms with E-state index in [0.29, 0.717) is 0 Å². The molecule has 0 spiro atoms. The van der Waals surface area contributed by atoms with Crippen LogP contribution in [0.2, 0.25) is 0 Å².